The second kappa shape index (κ2) is 11.3. The molecular weight excluding hydrogens is 507 g/mol. The van der Waals surface area contributed by atoms with Crippen molar-refractivity contribution in [1.82, 2.24) is 10.2 Å². The monoisotopic (exact) mass is 533 g/mol. The van der Waals surface area contributed by atoms with Crippen molar-refractivity contribution in [2.24, 2.45) is 0 Å². The molecule has 0 saturated carbocycles. The van der Waals surface area contributed by atoms with Gasteiger partial charge in [0.2, 0.25) is 21.8 Å². The number of halogens is 4. The normalized spacial score (nSPS) is 12.8. The third-order valence-corrected chi connectivity index (χ3v) is 6.36. The Balaban J connectivity index is 2.45. The highest BCUT2D eigenvalue weighted by atomic mass is 35.5. The van der Waals surface area contributed by atoms with E-state index in [4.69, 9.17) is 11.6 Å². The van der Waals surface area contributed by atoms with Gasteiger partial charge in [0.1, 0.15) is 12.6 Å². The minimum atomic E-state index is -4.70. The number of benzene rings is 2. The molecular formula is C23H27ClF3N3O4S. The summed E-state index contributed by atoms with van der Waals surface area (Å²) in [5.41, 5.74) is -0.797. The fraction of sp³-hybridized carbons (Fsp3) is 0.391. The topological polar surface area (TPSA) is 86.8 Å². The quantitative estimate of drug-likeness (QED) is 0.526. The summed E-state index contributed by atoms with van der Waals surface area (Å²) in [5.74, 6) is -1.25. The number of carbonyl (C=O) groups excluding carboxylic acids is 2. The first-order chi connectivity index (χ1) is 16.1. The third kappa shape index (κ3) is 8.14. The third-order valence-electron chi connectivity index (χ3n) is 4.98. The molecule has 2 rings (SSSR count). The van der Waals surface area contributed by atoms with Crippen LogP contribution in [0.1, 0.15) is 31.9 Å². The number of amides is 2. The van der Waals surface area contributed by atoms with Gasteiger partial charge in [-0.15, -0.1) is 0 Å². The molecule has 1 atom stereocenters. The number of anilines is 1. The fourth-order valence-electron chi connectivity index (χ4n) is 3.27. The van der Waals surface area contributed by atoms with Crippen molar-refractivity contribution < 1.29 is 31.2 Å². The van der Waals surface area contributed by atoms with E-state index in [0.717, 1.165) is 23.3 Å². The molecule has 0 aliphatic heterocycles. The maximum atomic E-state index is 13.4. The predicted molar refractivity (Wildman–Crippen MR) is 128 cm³/mol. The van der Waals surface area contributed by atoms with Crippen LogP contribution in [0.4, 0.5) is 18.9 Å². The first-order valence-electron chi connectivity index (χ1n) is 10.6. The van der Waals surface area contributed by atoms with Crippen LogP contribution in [0.3, 0.4) is 0 Å². The van der Waals surface area contributed by atoms with Gasteiger partial charge >= 0.3 is 6.18 Å². The smallest absolute Gasteiger partial charge is 0.352 e. The lowest BCUT2D eigenvalue weighted by atomic mass is 10.1. The Morgan fingerprint density at radius 2 is 1.69 bits per heavy atom. The van der Waals surface area contributed by atoms with Crippen molar-refractivity contribution in [3.63, 3.8) is 0 Å². The number of alkyl halides is 3. The van der Waals surface area contributed by atoms with E-state index in [-0.39, 0.29) is 18.3 Å². The van der Waals surface area contributed by atoms with E-state index < -0.39 is 46.2 Å². The highest BCUT2D eigenvalue weighted by Crippen LogP contribution is 2.32. The Morgan fingerprint density at radius 1 is 1.06 bits per heavy atom. The number of carbonyl (C=O) groups is 2. The molecule has 0 unspecified atom stereocenters. The Bertz CT molecular complexity index is 1170. The van der Waals surface area contributed by atoms with E-state index in [1.54, 1.807) is 38.1 Å². The molecule has 2 aromatic rings. The van der Waals surface area contributed by atoms with Gasteiger partial charge in [-0.2, -0.15) is 13.2 Å². The molecule has 2 aromatic carbocycles. The van der Waals surface area contributed by atoms with Crippen molar-refractivity contribution in [2.75, 3.05) is 17.1 Å². The molecule has 0 aliphatic carbocycles. The molecule has 0 radical (unpaired) electrons. The molecule has 12 heteroatoms. The zero-order chi connectivity index (χ0) is 26.6. The standard InChI is InChI=1S/C23H27ClF3N3O4S/c1-15(2)28-22(32)16(3)29(13-17-7-5-9-19(24)11-17)21(31)14-30(35(4,33)34)20-10-6-8-18(12-20)23(25,26)27/h5-12,15-16H,13-14H2,1-4H3,(H,28,32)/t16-/m0/s1. The maximum Gasteiger partial charge on any atom is 0.416 e. The summed E-state index contributed by atoms with van der Waals surface area (Å²) in [6.45, 7) is 4.08. The van der Waals surface area contributed by atoms with Gasteiger partial charge in [-0.05, 0) is 56.7 Å². The predicted octanol–water partition coefficient (Wildman–Crippen LogP) is 4.07. The summed E-state index contributed by atoms with van der Waals surface area (Å²) in [6.07, 6.45) is -3.91. The molecule has 35 heavy (non-hydrogen) atoms. The van der Waals surface area contributed by atoms with Crippen molar-refractivity contribution in [3.05, 3.63) is 64.7 Å². The summed E-state index contributed by atoms with van der Waals surface area (Å²) in [4.78, 5) is 27.2. The number of rotatable bonds is 9. The minimum absolute atomic E-state index is 0.0771. The Morgan fingerprint density at radius 3 is 2.23 bits per heavy atom. The van der Waals surface area contributed by atoms with Gasteiger partial charge in [0.05, 0.1) is 17.5 Å². The van der Waals surface area contributed by atoms with E-state index in [1.165, 1.54) is 13.0 Å². The van der Waals surface area contributed by atoms with Crippen LogP contribution in [0, 0.1) is 0 Å². The molecule has 1 N–H and O–H groups in total. The SMILES string of the molecule is CC(C)NC(=O)[C@H](C)N(Cc1cccc(Cl)c1)C(=O)CN(c1cccc(C(F)(F)F)c1)S(C)(=O)=O. The summed E-state index contributed by atoms with van der Waals surface area (Å²) in [7, 11) is -4.16. The molecule has 0 fully saturated rings. The molecule has 7 nitrogen and oxygen atoms in total. The Labute approximate surface area is 207 Å². The average molecular weight is 534 g/mol. The van der Waals surface area contributed by atoms with E-state index in [2.05, 4.69) is 5.32 Å². The molecule has 2 amide bonds. The van der Waals surface area contributed by atoms with Crippen LogP contribution in [0.5, 0.6) is 0 Å². The zero-order valence-electron chi connectivity index (χ0n) is 19.6. The van der Waals surface area contributed by atoms with Gasteiger partial charge in [-0.3, -0.25) is 13.9 Å². The molecule has 0 heterocycles. The molecule has 0 aliphatic rings. The van der Waals surface area contributed by atoms with Gasteiger partial charge < -0.3 is 10.2 Å². The van der Waals surface area contributed by atoms with Crippen LogP contribution in [0.15, 0.2) is 48.5 Å². The minimum Gasteiger partial charge on any atom is -0.352 e. The second-order valence-electron chi connectivity index (χ2n) is 8.31. The maximum absolute atomic E-state index is 13.4. The first kappa shape index (κ1) is 28.4. The largest absolute Gasteiger partial charge is 0.416 e. The highest BCUT2D eigenvalue weighted by molar-refractivity contribution is 7.92. The molecule has 0 aromatic heterocycles. The van der Waals surface area contributed by atoms with Crippen LogP contribution >= 0.6 is 11.6 Å². The van der Waals surface area contributed by atoms with Crippen molar-refractivity contribution in [2.45, 2.75) is 45.6 Å². The number of nitrogens with one attached hydrogen (secondary N) is 1. The molecule has 0 bridgehead atoms. The van der Waals surface area contributed by atoms with Gasteiger partial charge in [-0.25, -0.2) is 8.42 Å². The lowest BCUT2D eigenvalue weighted by molar-refractivity contribution is -0.139. The zero-order valence-corrected chi connectivity index (χ0v) is 21.2. The first-order valence-corrected chi connectivity index (χ1v) is 12.8. The van der Waals surface area contributed by atoms with Crippen LogP contribution in [-0.2, 0) is 32.3 Å². The summed E-state index contributed by atoms with van der Waals surface area (Å²) >= 11 is 6.03. The lowest BCUT2D eigenvalue weighted by Crippen LogP contribution is -2.52. The molecule has 0 saturated heterocycles. The Hall–Kier alpha value is -2.79. The fourth-order valence-corrected chi connectivity index (χ4v) is 4.33. The van der Waals surface area contributed by atoms with E-state index in [9.17, 15) is 31.2 Å². The van der Waals surface area contributed by atoms with E-state index in [0.29, 0.717) is 21.0 Å². The summed E-state index contributed by atoms with van der Waals surface area (Å²) in [6, 6.07) is 9.02. The highest BCUT2D eigenvalue weighted by Gasteiger charge is 2.33. The number of hydrogen-bond acceptors (Lipinski definition) is 4. The van der Waals surface area contributed by atoms with Crippen LogP contribution in [0.2, 0.25) is 5.02 Å². The number of nitrogens with zero attached hydrogens (tertiary/aromatic N) is 2. The lowest BCUT2D eigenvalue weighted by Gasteiger charge is -2.32. The summed E-state index contributed by atoms with van der Waals surface area (Å²) in [5, 5.41) is 3.10. The Kier molecular flexibility index (Phi) is 9.18. The van der Waals surface area contributed by atoms with Crippen LogP contribution < -0.4 is 9.62 Å². The average Bonchev–Trinajstić information content (AvgIpc) is 2.73. The van der Waals surface area contributed by atoms with Gasteiger partial charge in [0, 0.05) is 17.6 Å². The van der Waals surface area contributed by atoms with Crippen molar-refractivity contribution >= 4 is 39.1 Å². The second-order valence-corrected chi connectivity index (χ2v) is 10.7. The van der Waals surface area contributed by atoms with Crippen molar-refractivity contribution in [1.29, 1.82) is 0 Å². The summed E-state index contributed by atoms with van der Waals surface area (Å²) < 4.78 is 65.1. The van der Waals surface area contributed by atoms with Gasteiger partial charge in [-0.1, -0.05) is 29.8 Å². The van der Waals surface area contributed by atoms with Crippen molar-refractivity contribution in [3.8, 4) is 0 Å². The van der Waals surface area contributed by atoms with Gasteiger partial charge in [0.15, 0.2) is 0 Å². The van der Waals surface area contributed by atoms with E-state index in [1.807, 2.05) is 0 Å². The van der Waals surface area contributed by atoms with E-state index >= 15 is 0 Å². The van der Waals surface area contributed by atoms with Gasteiger partial charge in [0.25, 0.3) is 0 Å². The molecule has 192 valence electrons. The number of hydrogen-bond donors (Lipinski definition) is 1. The van der Waals surface area contributed by atoms with Crippen LogP contribution in [-0.4, -0.2) is 50.0 Å². The van der Waals surface area contributed by atoms with Crippen LogP contribution in [0.25, 0.3) is 0 Å². The molecule has 0 spiro atoms. The number of sulfonamides is 1.